The summed E-state index contributed by atoms with van der Waals surface area (Å²) in [4.78, 5) is 12.3. The number of hydrogen-bond acceptors (Lipinski definition) is 2. The molecule has 80 valence electrons. The van der Waals surface area contributed by atoms with Gasteiger partial charge in [-0.15, -0.1) is 18.3 Å². The number of benzene rings is 1. The molecular weight excluding hydrogens is 274 g/mol. The lowest BCUT2D eigenvalue weighted by Crippen LogP contribution is -2.24. The van der Waals surface area contributed by atoms with Gasteiger partial charge in [-0.2, -0.15) is 0 Å². The van der Waals surface area contributed by atoms with Crippen molar-refractivity contribution in [3.05, 3.63) is 41.4 Å². The van der Waals surface area contributed by atoms with Crippen molar-refractivity contribution in [1.82, 2.24) is 5.32 Å². The summed E-state index contributed by atoms with van der Waals surface area (Å²) in [5.74, 6) is 0.470. The van der Waals surface area contributed by atoms with Crippen LogP contribution in [0.25, 0.3) is 0 Å². The lowest BCUT2D eigenvalue weighted by molar-refractivity contribution is -0.118. The molecule has 0 unspecified atom stereocenters. The summed E-state index contributed by atoms with van der Waals surface area (Å²) >= 11 is 4.88. The number of rotatable bonds is 5. The zero-order valence-corrected chi connectivity index (χ0v) is 10.6. The van der Waals surface area contributed by atoms with Crippen LogP contribution in [-0.2, 0) is 4.79 Å². The van der Waals surface area contributed by atoms with Crippen LogP contribution in [0.4, 0.5) is 0 Å². The fourth-order valence-corrected chi connectivity index (χ4v) is 1.91. The maximum Gasteiger partial charge on any atom is 0.230 e. The molecule has 0 saturated heterocycles. The quantitative estimate of drug-likeness (QED) is 0.666. The largest absolute Gasteiger partial charge is 0.352 e. The molecule has 1 aromatic rings. The zero-order chi connectivity index (χ0) is 11.1. The van der Waals surface area contributed by atoms with Gasteiger partial charge in [0.1, 0.15) is 0 Å². The predicted molar refractivity (Wildman–Crippen MR) is 68.1 cm³/mol. The van der Waals surface area contributed by atoms with Crippen LogP contribution in [0.5, 0.6) is 0 Å². The third-order valence-electron chi connectivity index (χ3n) is 1.63. The molecule has 0 aliphatic rings. The minimum atomic E-state index is 0.0304. The standard InChI is InChI=1S/C11H12BrNOS/c1-2-7-13-11(14)8-15-10-5-3-9(12)4-6-10/h2-6H,1,7-8H2,(H,13,14). The van der Waals surface area contributed by atoms with Gasteiger partial charge < -0.3 is 5.32 Å². The minimum absolute atomic E-state index is 0.0304. The first-order chi connectivity index (χ1) is 7.22. The molecule has 1 N–H and O–H groups in total. The summed E-state index contributed by atoms with van der Waals surface area (Å²) < 4.78 is 1.04. The number of amides is 1. The van der Waals surface area contributed by atoms with E-state index in [0.717, 1.165) is 9.37 Å². The van der Waals surface area contributed by atoms with Crippen molar-refractivity contribution in [2.45, 2.75) is 4.90 Å². The fraction of sp³-hybridized carbons (Fsp3) is 0.182. The molecule has 1 rings (SSSR count). The number of nitrogens with one attached hydrogen (secondary N) is 1. The van der Waals surface area contributed by atoms with Crippen LogP contribution in [0.3, 0.4) is 0 Å². The van der Waals surface area contributed by atoms with E-state index in [0.29, 0.717) is 12.3 Å². The summed E-state index contributed by atoms with van der Waals surface area (Å²) in [5.41, 5.74) is 0. The maximum absolute atomic E-state index is 11.3. The van der Waals surface area contributed by atoms with Gasteiger partial charge in [-0.05, 0) is 24.3 Å². The van der Waals surface area contributed by atoms with Crippen LogP contribution in [0.15, 0.2) is 46.3 Å². The molecule has 0 atom stereocenters. The van der Waals surface area contributed by atoms with Crippen LogP contribution in [0.2, 0.25) is 0 Å². The Kier molecular flexibility index (Phi) is 5.50. The number of carbonyl (C=O) groups excluding carboxylic acids is 1. The van der Waals surface area contributed by atoms with E-state index in [1.165, 1.54) is 11.8 Å². The molecule has 0 heterocycles. The average Bonchev–Trinajstić information content (AvgIpc) is 2.25. The molecule has 0 saturated carbocycles. The summed E-state index contributed by atoms with van der Waals surface area (Å²) in [6, 6.07) is 7.89. The Labute approximate surface area is 102 Å². The van der Waals surface area contributed by atoms with E-state index in [4.69, 9.17) is 0 Å². The minimum Gasteiger partial charge on any atom is -0.352 e. The second-order valence-electron chi connectivity index (χ2n) is 2.84. The van der Waals surface area contributed by atoms with E-state index in [9.17, 15) is 4.79 Å². The Balaban J connectivity index is 2.33. The van der Waals surface area contributed by atoms with Gasteiger partial charge in [-0.1, -0.05) is 22.0 Å². The molecule has 0 spiro atoms. The smallest absolute Gasteiger partial charge is 0.230 e. The first-order valence-corrected chi connectivity index (χ1v) is 6.26. The van der Waals surface area contributed by atoms with Crippen LogP contribution < -0.4 is 5.32 Å². The van der Waals surface area contributed by atoms with Crippen LogP contribution in [0, 0.1) is 0 Å². The Morgan fingerprint density at radius 3 is 2.73 bits per heavy atom. The van der Waals surface area contributed by atoms with Crippen LogP contribution in [-0.4, -0.2) is 18.2 Å². The van der Waals surface area contributed by atoms with Crippen molar-refractivity contribution in [3.63, 3.8) is 0 Å². The van der Waals surface area contributed by atoms with E-state index in [2.05, 4.69) is 27.8 Å². The van der Waals surface area contributed by atoms with Gasteiger partial charge in [-0.3, -0.25) is 4.79 Å². The van der Waals surface area contributed by atoms with E-state index in [-0.39, 0.29) is 5.91 Å². The van der Waals surface area contributed by atoms with Gasteiger partial charge in [0.05, 0.1) is 5.75 Å². The van der Waals surface area contributed by atoms with Crippen molar-refractivity contribution in [3.8, 4) is 0 Å². The van der Waals surface area contributed by atoms with E-state index >= 15 is 0 Å². The number of hydrogen-bond donors (Lipinski definition) is 1. The molecule has 0 aliphatic heterocycles. The second-order valence-corrected chi connectivity index (χ2v) is 4.80. The Hall–Kier alpha value is -0.740. The van der Waals surface area contributed by atoms with Crippen molar-refractivity contribution < 1.29 is 4.79 Å². The molecule has 2 nitrogen and oxygen atoms in total. The molecule has 0 aromatic heterocycles. The Morgan fingerprint density at radius 2 is 2.13 bits per heavy atom. The van der Waals surface area contributed by atoms with Crippen molar-refractivity contribution in [2.24, 2.45) is 0 Å². The molecule has 0 radical (unpaired) electrons. The third kappa shape index (κ3) is 5.04. The van der Waals surface area contributed by atoms with E-state index in [1.54, 1.807) is 6.08 Å². The van der Waals surface area contributed by atoms with Gasteiger partial charge in [-0.25, -0.2) is 0 Å². The second kappa shape index (κ2) is 6.69. The summed E-state index contributed by atoms with van der Waals surface area (Å²) in [5, 5.41) is 2.73. The van der Waals surface area contributed by atoms with E-state index < -0.39 is 0 Å². The SMILES string of the molecule is C=CCNC(=O)CSc1ccc(Br)cc1. The molecular formula is C11H12BrNOS. The Morgan fingerprint density at radius 1 is 1.47 bits per heavy atom. The van der Waals surface area contributed by atoms with Crippen LogP contribution >= 0.6 is 27.7 Å². The summed E-state index contributed by atoms with van der Waals surface area (Å²) in [7, 11) is 0. The van der Waals surface area contributed by atoms with Gasteiger partial charge in [0, 0.05) is 15.9 Å². The van der Waals surface area contributed by atoms with Crippen LogP contribution in [0.1, 0.15) is 0 Å². The summed E-state index contributed by atoms with van der Waals surface area (Å²) in [6.45, 7) is 4.06. The molecule has 1 amide bonds. The predicted octanol–water partition coefficient (Wildman–Crippen LogP) is 2.84. The first-order valence-electron chi connectivity index (χ1n) is 4.48. The fourth-order valence-electron chi connectivity index (χ4n) is 0.917. The number of thioether (sulfide) groups is 1. The lowest BCUT2D eigenvalue weighted by Gasteiger charge is -2.02. The third-order valence-corrected chi connectivity index (χ3v) is 3.17. The topological polar surface area (TPSA) is 29.1 Å². The zero-order valence-electron chi connectivity index (χ0n) is 8.20. The molecule has 1 aromatic carbocycles. The lowest BCUT2D eigenvalue weighted by atomic mass is 10.4. The van der Waals surface area contributed by atoms with Gasteiger partial charge in [0.15, 0.2) is 0 Å². The Bertz CT molecular complexity index is 337. The van der Waals surface area contributed by atoms with Crippen molar-refractivity contribution >= 4 is 33.6 Å². The van der Waals surface area contributed by atoms with Gasteiger partial charge in [0.25, 0.3) is 0 Å². The van der Waals surface area contributed by atoms with Crippen molar-refractivity contribution in [1.29, 1.82) is 0 Å². The van der Waals surface area contributed by atoms with Crippen molar-refractivity contribution in [2.75, 3.05) is 12.3 Å². The normalized spacial score (nSPS) is 9.67. The maximum atomic E-state index is 11.3. The average molecular weight is 286 g/mol. The molecule has 4 heteroatoms. The highest BCUT2D eigenvalue weighted by molar-refractivity contribution is 9.10. The molecule has 0 fully saturated rings. The highest BCUT2D eigenvalue weighted by atomic mass is 79.9. The van der Waals surface area contributed by atoms with Gasteiger partial charge >= 0.3 is 0 Å². The first kappa shape index (κ1) is 12.3. The van der Waals surface area contributed by atoms with Gasteiger partial charge in [0.2, 0.25) is 5.91 Å². The molecule has 0 bridgehead atoms. The summed E-state index contributed by atoms with van der Waals surface area (Å²) in [6.07, 6.45) is 1.67. The molecule has 15 heavy (non-hydrogen) atoms. The number of halogens is 1. The number of carbonyl (C=O) groups is 1. The highest BCUT2D eigenvalue weighted by Crippen LogP contribution is 2.20. The van der Waals surface area contributed by atoms with E-state index in [1.807, 2.05) is 24.3 Å². The highest BCUT2D eigenvalue weighted by Gasteiger charge is 2.00. The molecule has 0 aliphatic carbocycles. The monoisotopic (exact) mass is 285 g/mol.